The lowest BCUT2D eigenvalue weighted by Gasteiger charge is -2.12. The number of benzene rings is 2. The first kappa shape index (κ1) is 18.3. The summed E-state index contributed by atoms with van der Waals surface area (Å²) in [6, 6.07) is 11.8. The molecule has 128 valence electrons. The molecule has 0 atom stereocenters. The number of rotatable bonds is 7. The molecule has 0 spiro atoms. The van der Waals surface area contributed by atoms with Crippen LogP contribution < -0.4 is 15.4 Å². The molecule has 0 saturated carbocycles. The Morgan fingerprint density at radius 3 is 2.71 bits per heavy atom. The van der Waals surface area contributed by atoms with Crippen LogP contribution in [0.25, 0.3) is 0 Å². The van der Waals surface area contributed by atoms with Gasteiger partial charge in [0, 0.05) is 30.6 Å². The molecule has 2 N–H and O–H groups in total. The largest absolute Gasteiger partial charge is 0.495 e. The molecule has 1 amide bonds. The van der Waals surface area contributed by atoms with Gasteiger partial charge in [0.05, 0.1) is 12.8 Å². The van der Waals surface area contributed by atoms with E-state index in [0.29, 0.717) is 29.4 Å². The number of ether oxygens (including phenoxy) is 1. The lowest BCUT2D eigenvalue weighted by Crippen LogP contribution is -2.21. The predicted molar refractivity (Wildman–Crippen MR) is 98.9 cm³/mol. The Bertz CT molecular complexity index is 717. The van der Waals surface area contributed by atoms with Crippen LogP contribution in [0.5, 0.6) is 5.75 Å². The minimum absolute atomic E-state index is 0.0632. The maximum Gasteiger partial charge on any atom is 0.225 e. The Morgan fingerprint density at radius 1 is 1.21 bits per heavy atom. The van der Waals surface area contributed by atoms with E-state index in [2.05, 4.69) is 35.8 Å². The SMILES string of the molecule is COc1cc(Cl)c(C)cc1NC(=O)CCNCc1cccc(C)c1. The van der Waals surface area contributed by atoms with E-state index in [4.69, 9.17) is 16.3 Å². The summed E-state index contributed by atoms with van der Waals surface area (Å²) in [5.41, 5.74) is 3.98. The van der Waals surface area contributed by atoms with Crippen molar-refractivity contribution in [1.82, 2.24) is 5.32 Å². The fourth-order valence-corrected chi connectivity index (χ4v) is 2.55. The molecule has 5 heteroatoms. The highest BCUT2D eigenvalue weighted by molar-refractivity contribution is 6.31. The Balaban J connectivity index is 1.82. The lowest BCUT2D eigenvalue weighted by atomic mass is 10.1. The van der Waals surface area contributed by atoms with Crippen LogP contribution in [0.1, 0.15) is 23.1 Å². The molecule has 0 fully saturated rings. The molecule has 2 aromatic rings. The Morgan fingerprint density at radius 2 is 2.00 bits per heavy atom. The van der Waals surface area contributed by atoms with Crippen LogP contribution in [0, 0.1) is 13.8 Å². The standard InChI is InChI=1S/C19H23ClN2O2/c1-13-5-4-6-15(9-13)12-21-8-7-19(23)22-17-10-14(2)16(20)11-18(17)24-3/h4-6,9-11,21H,7-8,12H2,1-3H3,(H,22,23). The number of nitrogens with one attached hydrogen (secondary N) is 2. The average molecular weight is 347 g/mol. The van der Waals surface area contributed by atoms with Gasteiger partial charge in [0.2, 0.25) is 5.91 Å². The summed E-state index contributed by atoms with van der Waals surface area (Å²) in [6.45, 7) is 5.31. The average Bonchev–Trinajstić information content (AvgIpc) is 2.55. The second-order valence-electron chi connectivity index (χ2n) is 5.77. The first-order chi connectivity index (χ1) is 11.5. The van der Waals surface area contributed by atoms with Crippen LogP contribution in [0.15, 0.2) is 36.4 Å². The minimum Gasteiger partial charge on any atom is -0.495 e. The first-order valence-electron chi connectivity index (χ1n) is 7.90. The zero-order valence-corrected chi connectivity index (χ0v) is 15.0. The van der Waals surface area contributed by atoms with Crippen LogP contribution in [0.2, 0.25) is 5.02 Å². The molecule has 24 heavy (non-hydrogen) atoms. The van der Waals surface area contributed by atoms with Crippen LogP contribution >= 0.6 is 11.6 Å². The van der Waals surface area contributed by atoms with Crippen molar-refractivity contribution in [1.29, 1.82) is 0 Å². The molecule has 0 unspecified atom stereocenters. The van der Waals surface area contributed by atoms with Gasteiger partial charge in [-0.25, -0.2) is 0 Å². The number of aryl methyl sites for hydroxylation is 2. The molecule has 0 aliphatic heterocycles. The molecule has 0 radical (unpaired) electrons. The van der Waals surface area contributed by atoms with Crippen molar-refractivity contribution in [3.8, 4) is 5.75 Å². The zero-order valence-electron chi connectivity index (χ0n) is 14.3. The highest BCUT2D eigenvalue weighted by atomic mass is 35.5. The van der Waals surface area contributed by atoms with Gasteiger partial charge in [-0.15, -0.1) is 0 Å². The number of halogens is 1. The number of carbonyl (C=O) groups excluding carboxylic acids is 1. The quantitative estimate of drug-likeness (QED) is 0.742. The molecule has 0 bridgehead atoms. The summed E-state index contributed by atoms with van der Waals surface area (Å²) in [7, 11) is 1.56. The summed E-state index contributed by atoms with van der Waals surface area (Å²) in [4.78, 5) is 12.1. The van der Waals surface area contributed by atoms with Crippen molar-refractivity contribution in [2.24, 2.45) is 0 Å². The van der Waals surface area contributed by atoms with E-state index in [1.165, 1.54) is 11.1 Å². The summed E-state index contributed by atoms with van der Waals surface area (Å²) in [5.74, 6) is 0.499. The van der Waals surface area contributed by atoms with E-state index in [1.807, 2.05) is 19.1 Å². The van der Waals surface area contributed by atoms with Crippen molar-refractivity contribution >= 4 is 23.2 Å². The second kappa shape index (κ2) is 8.71. The van der Waals surface area contributed by atoms with Gasteiger partial charge in [-0.1, -0.05) is 41.4 Å². The van der Waals surface area contributed by atoms with Gasteiger partial charge in [-0.3, -0.25) is 4.79 Å². The maximum absolute atomic E-state index is 12.1. The molecule has 4 nitrogen and oxygen atoms in total. The monoisotopic (exact) mass is 346 g/mol. The number of carbonyl (C=O) groups is 1. The fourth-order valence-electron chi connectivity index (χ4n) is 2.40. The normalized spacial score (nSPS) is 10.5. The number of anilines is 1. The molecule has 0 heterocycles. The third-order valence-electron chi connectivity index (χ3n) is 3.70. The molecule has 2 aromatic carbocycles. The number of methoxy groups -OCH3 is 1. The van der Waals surface area contributed by atoms with E-state index in [9.17, 15) is 4.79 Å². The Kier molecular flexibility index (Phi) is 6.64. The molecule has 2 rings (SSSR count). The van der Waals surface area contributed by atoms with Gasteiger partial charge in [-0.2, -0.15) is 0 Å². The fraction of sp³-hybridized carbons (Fsp3) is 0.316. The zero-order chi connectivity index (χ0) is 17.5. The minimum atomic E-state index is -0.0632. The van der Waals surface area contributed by atoms with Crippen molar-refractivity contribution in [3.05, 3.63) is 58.1 Å². The number of hydrogen-bond acceptors (Lipinski definition) is 3. The second-order valence-corrected chi connectivity index (χ2v) is 6.17. The molecule has 0 saturated heterocycles. The third-order valence-corrected chi connectivity index (χ3v) is 4.10. The molecular weight excluding hydrogens is 324 g/mol. The van der Waals surface area contributed by atoms with E-state index in [-0.39, 0.29) is 5.91 Å². The van der Waals surface area contributed by atoms with Crippen LogP contribution in [-0.4, -0.2) is 19.6 Å². The van der Waals surface area contributed by atoms with Crippen molar-refractivity contribution < 1.29 is 9.53 Å². The molecule has 0 aliphatic carbocycles. The lowest BCUT2D eigenvalue weighted by molar-refractivity contribution is -0.116. The first-order valence-corrected chi connectivity index (χ1v) is 8.27. The van der Waals surface area contributed by atoms with E-state index >= 15 is 0 Å². The van der Waals surface area contributed by atoms with Gasteiger partial charge in [-0.05, 0) is 31.0 Å². The molecule has 0 aliphatic rings. The Labute approximate surface area is 148 Å². The van der Waals surface area contributed by atoms with Crippen molar-refractivity contribution in [3.63, 3.8) is 0 Å². The third kappa shape index (κ3) is 5.25. The molecule has 0 aromatic heterocycles. The smallest absolute Gasteiger partial charge is 0.225 e. The van der Waals surface area contributed by atoms with Crippen molar-refractivity contribution in [2.75, 3.05) is 19.0 Å². The maximum atomic E-state index is 12.1. The number of hydrogen-bond donors (Lipinski definition) is 2. The van der Waals surface area contributed by atoms with Crippen molar-refractivity contribution in [2.45, 2.75) is 26.8 Å². The van der Waals surface area contributed by atoms with Crippen LogP contribution in [0.3, 0.4) is 0 Å². The highest BCUT2D eigenvalue weighted by Gasteiger charge is 2.10. The van der Waals surface area contributed by atoms with Gasteiger partial charge < -0.3 is 15.4 Å². The van der Waals surface area contributed by atoms with Gasteiger partial charge >= 0.3 is 0 Å². The van der Waals surface area contributed by atoms with Gasteiger partial charge in [0.15, 0.2) is 0 Å². The Hall–Kier alpha value is -2.04. The summed E-state index contributed by atoms with van der Waals surface area (Å²) < 4.78 is 5.26. The number of amides is 1. The summed E-state index contributed by atoms with van der Waals surface area (Å²) in [5, 5.41) is 6.77. The van der Waals surface area contributed by atoms with E-state index in [0.717, 1.165) is 12.1 Å². The predicted octanol–water partition coefficient (Wildman–Crippen LogP) is 4.08. The topological polar surface area (TPSA) is 50.4 Å². The van der Waals surface area contributed by atoms with Gasteiger partial charge in [0.25, 0.3) is 0 Å². The summed E-state index contributed by atoms with van der Waals surface area (Å²) >= 11 is 6.07. The van der Waals surface area contributed by atoms with Gasteiger partial charge in [0.1, 0.15) is 5.75 Å². The molecular formula is C19H23ClN2O2. The summed E-state index contributed by atoms with van der Waals surface area (Å²) in [6.07, 6.45) is 0.386. The van der Waals surface area contributed by atoms with Crippen LogP contribution in [0.4, 0.5) is 5.69 Å². The van der Waals surface area contributed by atoms with E-state index < -0.39 is 0 Å². The van der Waals surface area contributed by atoms with Crippen LogP contribution in [-0.2, 0) is 11.3 Å². The highest BCUT2D eigenvalue weighted by Crippen LogP contribution is 2.30. The van der Waals surface area contributed by atoms with E-state index in [1.54, 1.807) is 13.2 Å².